The molecule has 1 N–H and O–H groups in total. The molecule has 2 aromatic carbocycles. The summed E-state index contributed by atoms with van der Waals surface area (Å²) in [6.07, 6.45) is 5.64. The normalized spacial score (nSPS) is 10.9. The van der Waals surface area contributed by atoms with Crippen molar-refractivity contribution in [1.82, 2.24) is 14.7 Å². The van der Waals surface area contributed by atoms with E-state index in [9.17, 15) is 14.0 Å². The summed E-state index contributed by atoms with van der Waals surface area (Å²) in [5.41, 5.74) is 2.15. The van der Waals surface area contributed by atoms with Gasteiger partial charge in [0.15, 0.2) is 0 Å². The summed E-state index contributed by atoms with van der Waals surface area (Å²) in [6.45, 7) is 2.75. The Kier molecular flexibility index (Phi) is 10.6. The molecule has 1 aromatic heterocycles. The van der Waals surface area contributed by atoms with E-state index in [1.165, 1.54) is 17.0 Å². The maximum absolute atomic E-state index is 13.5. The highest BCUT2D eigenvalue weighted by molar-refractivity contribution is 5.94. The van der Waals surface area contributed by atoms with E-state index < -0.39 is 0 Å². The van der Waals surface area contributed by atoms with Crippen LogP contribution in [0.25, 0.3) is 16.9 Å². The molecule has 192 valence electrons. The smallest absolute Gasteiger partial charge is 0.245 e. The monoisotopic (exact) mass is 494 g/mol. The summed E-state index contributed by atoms with van der Waals surface area (Å²) in [4.78, 5) is 27.4. The van der Waals surface area contributed by atoms with Crippen LogP contribution >= 0.6 is 0 Å². The molecule has 0 saturated carbocycles. The Morgan fingerprint density at radius 2 is 1.75 bits per heavy atom. The SMILES string of the molecule is CCCCCCCC(=O)N(CCOC)CC(=O)Nc1cc(-c2ccccc2)nn1-c1ccc(F)cc1. The molecule has 0 radical (unpaired) electrons. The fourth-order valence-electron chi connectivity index (χ4n) is 3.89. The van der Waals surface area contributed by atoms with Crippen LogP contribution in [0.3, 0.4) is 0 Å². The van der Waals surface area contributed by atoms with Crippen LogP contribution in [0.1, 0.15) is 45.4 Å². The lowest BCUT2D eigenvalue weighted by Gasteiger charge is -2.22. The molecule has 3 aromatic rings. The average molecular weight is 495 g/mol. The second-order valence-corrected chi connectivity index (χ2v) is 8.69. The van der Waals surface area contributed by atoms with Crippen LogP contribution in [0.15, 0.2) is 60.7 Å². The summed E-state index contributed by atoms with van der Waals surface area (Å²) in [6, 6.07) is 17.2. The van der Waals surface area contributed by atoms with Crippen LogP contribution in [0.5, 0.6) is 0 Å². The molecular weight excluding hydrogens is 459 g/mol. The lowest BCUT2D eigenvalue weighted by atomic mass is 10.1. The number of unbranched alkanes of at least 4 members (excludes halogenated alkanes) is 4. The topological polar surface area (TPSA) is 76.5 Å². The van der Waals surface area contributed by atoms with Gasteiger partial charge in [0.1, 0.15) is 11.6 Å². The molecule has 0 atom stereocenters. The fourth-order valence-corrected chi connectivity index (χ4v) is 3.89. The summed E-state index contributed by atoms with van der Waals surface area (Å²) in [7, 11) is 1.57. The zero-order valence-electron chi connectivity index (χ0n) is 21.1. The van der Waals surface area contributed by atoms with Gasteiger partial charge in [0.2, 0.25) is 11.8 Å². The van der Waals surface area contributed by atoms with Crippen molar-refractivity contribution >= 4 is 17.6 Å². The highest BCUT2D eigenvalue weighted by atomic mass is 19.1. The first-order valence-corrected chi connectivity index (χ1v) is 12.5. The van der Waals surface area contributed by atoms with E-state index in [1.54, 1.807) is 30.0 Å². The second-order valence-electron chi connectivity index (χ2n) is 8.69. The molecule has 8 heteroatoms. The molecule has 2 amide bonds. The molecule has 0 saturated heterocycles. The molecule has 0 aliphatic rings. The minimum atomic E-state index is -0.359. The van der Waals surface area contributed by atoms with E-state index in [-0.39, 0.29) is 24.2 Å². The van der Waals surface area contributed by atoms with Crippen LogP contribution in [-0.4, -0.2) is 53.3 Å². The molecule has 3 rings (SSSR count). The van der Waals surface area contributed by atoms with Crippen LogP contribution in [0.2, 0.25) is 0 Å². The van der Waals surface area contributed by atoms with E-state index in [0.717, 1.165) is 37.7 Å². The van der Waals surface area contributed by atoms with Crippen LogP contribution in [0.4, 0.5) is 10.2 Å². The van der Waals surface area contributed by atoms with E-state index in [0.29, 0.717) is 36.8 Å². The first-order chi connectivity index (χ1) is 17.5. The van der Waals surface area contributed by atoms with Crippen molar-refractivity contribution in [2.45, 2.75) is 45.4 Å². The van der Waals surface area contributed by atoms with Gasteiger partial charge >= 0.3 is 0 Å². The quantitative estimate of drug-likeness (QED) is 0.302. The highest BCUT2D eigenvalue weighted by Crippen LogP contribution is 2.25. The zero-order chi connectivity index (χ0) is 25.8. The van der Waals surface area contributed by atoms with Gasteiger partial charge in [-0.3, -0.25) is 9.59 Å². The number of halogens is 1. The number of nitrogens with zero attached hydrogens (tertiary/aromatic N) is 3. The third kappa shape index (κ3) is 8.02. The number of amides is 2. The third-order valence-electron chi connectivity index (χ3n) is 5.86. The van der Waals surface area contributed by atoms with Crippen LogP contribution in [0, 0.1) is 5.82 Å². The van der Waals surface area contributed by atoms with E-state index in [1.807, 2.05) is 30.3 Å². The molecule has 7 nitrogen and oxygen atoms in total. The number of hydrogen-bond donors (Lipinski definition) is 1. The van der Waals surface area contributed by atoms with E-state index >= 15 is 0 Å². The lowest BCUT2D eigenvalue weighted by molar-refractivity contribution is -0.135. The number of nitrogens with one attached hydrogen (secondary N) is 1. The predicted octanol–water partition coefficient (Wildman–Crippen LogP) is 5.45. The highest BCUT2D eigenvalue weighted by Gasteiger charge is 2.19. The molecule has 0 bridgehead atoms. The number of rotatable bonds is 14. The third-order valence-corrected chi connectivity index (χ3v) is 5.86. The van der Waals surface area contributed by atoms with Crippen LogP contribution < -0.4 is 5.32 Å². The van der Waals surface area contributed by atoms with Gasteiger partial charge < -0.3 is 15.0 Å². The van der Waals surface area contributed by atoms with Gasteiger partial charge in [0, 0.05) is 31.7 Å². The van der Waals surface area contributed by atoms with Crippen molar-refractivity contribution in [3.05, 3.63) is 66.5 Å². The van der Waals surface area contributed by atoms with Crippen molar-refractivity contribution in [2.75, 3.05) is 32.1 Å². The maximum atomic E-state index is 13.5. The molecular formula is C28H35FN4O3. The van der Waals surface area contributed by atoms with Gasteiger partial charge in [0.05, 0.1) is 24.5 Å². The number of carbonyl (C=O) groups is 2. The van der Waals surface area contributed by atoms with E-state index in [2.05, 4.69) is 17.3 Å². The molecule has 1 heterocycles. The van der Waals surface area contributed by atoms with Crippen molar-refractivity contribution in [3.8, 4) is 16.9 Å². The largest absolute Gasteiger partial charge is 0.383 e. The summed E-state index contributed by atoms with van der Waals surface area (Å²) >= 11 is 0. The molecule has 0 fully saturated rings. The Morgan fingerprint density at radius 3 is 2.44 bits per heavy atom. The van der Waals surface area contributed by atoms with E-state index in [4.69, 9.17) is 4.74 Å². The summed E-state index contributed by atoms with van der Waals surface area (Å²) < 4.78 is 20.2. The van der Waals surface area contributed by atoms with Gasteiger partial charge in [-0.1, -0.05) is 62.9 Å². The van der Waals surface area contributed by atoms with Gasteiger partial charge in [-0.2, -0.15) is 5.10 Å². The number of carbonyl (C=O) groups excluding carboxylic acids is 2. The fraction of sp³-hybridized carbons (Fsp3) is 0.393. The Bertz CT molecular complexity index is 1100. The first kappa shape index (κ1) is 27.1. The molecule has 36 heavy (non-hydrogen) atoms. The number of hydrogen-bond acceptors (Lipinski definition) is 4. The summed E-state index contributed by atoms with van der Waals surface area (Å²) in [5, 5.41) is 7.53. The molecule has 0 spiro atoms. The Balaban J connectivity index is 1.75. The second kappa shape index (κ2) is 14.1. The Morgan fingerprint density at radius 1 is 1.03 bits per heavy atom. The van der Waals surface area contributed by atoms with Crippen molar-refractivity contribution in [1.29, 1.82) is 0 Å². The number of aromatic nitrogens is 2. The van der Waals surface area contributed by atoms with Crippen molar-refractivity contribution in [3.63, 3.8) is 0 Å². The van der Waals surface area contributed by atoms with Crippen molar-refractivity contribution in [2.24, 2.45) is 0 Å². The molecule has 0 unspecified atom stereocenters. The first-order valence-electron chi connectivity index (χ1n) is 12.5. The number of ether oxygens (including phenoxy) is 1. The standard InChI is InChI=1S/C28H35FN4O3/c1-3-4-5-6-10-13-28(35)32(18-19-36-2)21-27(34)30-26-20-25(22-11-8-7-9-12-22)31-33(26)24-16-14-23(29)15-17-24/h7-9,11-12,14-17,20H,3-6,10,13,18-19,21H2,1-2H3,(H,30,34). The minimum Gasteiger partial charge on any atom is -0.383 e. The lowest BCUT2D eigenvalue weighted by Crippen LogP contribution is -2.40. The van der Waals surface area contributed by atoms with Crippen LogP contribution in [-0.2, 0) is 14.3 Å². The van der Waals surface area contributed by atoms with Gasteiger partial charge in [0.25, 0.3) is 0 Å². The maximum Gasteiger partial charge on any atom is 0.245 e. The van der Waals surface area contributed by atoms with Gasteiger partial charge in [-0.15, -0.1) is 0 Å². The van der Waals surface area contributed by atoms with Gasteiger partial charge in [-0.25, -0.2) is 9.07 Å². The molecule has 0 aliphatic heterocycles. The Labute approximate surface area is 212 Å². The predicted molar refractivity (Wildman–Crippen MR) is 139 cm³/mol. The van der Waals surface area contributed by atoms with Gasteiger partial charge in [-0.05, 0) is 30.7 Å². The Hall–Kier alpha value is -3.52. The minimum absolute atomic E-state index is 0.0595. The van der Waals surface area contributed by atoms with Crippen molar-refractivity contribution < 1.29 is 18.7 Å². The number of benzene rings is 2. The number of methoxy groups -OCH3 is 1. The zero-order valence-corrected chi connectivity index (χ0v) is 21.1. The average Bonchev–Trinajstić information content (AvgIpc) is 3.30. The summed E-state index contributed by atoms with van der Waals surface area (Å²) in [5.74, 6) is -0.324. The molecule has 0 aliphatic carbocycles. The number of anilines is 1.